The van der Waals surface area contributed by atoms with E-state index in [4.69, 9.17) is 0 Å². The van der Waals surface area contributed by atoms with Gasteiger partial charge in [-0.3, -0.25) is 9.59 Å². The van der Waals surface area contributed by atoms with Crippen molar-refractivity contribution >= 4 is 18.1 Å². The standard InChI is InChI=1S/C12H10O2/c13-8-2-4-9-3-1-5-11-10(9)6-7-12(11)14/h1-5,8H,6-7H2. The molecule has 14 heavy (non-hydrogen) atoms. The Balaban J connectivity index is 2.48. The minimum absolute atomic E-state index is 0.210. The van der Waals surface area contributed by atoms with Crippen molar-refractivity contribution in [2.24, 2.45) is 0 Å². The molecule has 0 aliphatic heterocycles. The average Bonchev–Trinajstić information content (AvgIpc) is 2.58. The van der Waals surface area contributed by atoms with E-state index in [0.717, 1.165) is 29.4 Å². The Hall–Kier alpha value is -1.70. The molecule has 2 heteroatoms. The molecule has 0 radical (unpaired) electrons. The van der Waals surface area contributed by atoms with Gasteiger partial charge in [0.1, 0.15) is 6.29 Å². The summed E-state index contributed by atoms with van der Waals surface area (Å²) in [7, 11) is 0. The smallest absolute Gasteiger partial charge is 0.163 e. The number of allylic oxidation sites excluding steroid dienone is 1. The summed E-state index contributed by atoms with van der Waals surface area (Å²) in [6, 6.07) is 5.63. The van der Waals surface area contributed by atoms with Crippen molar-refractivity contribution in [1.29, 1.82) is 0 Å². The predicted octanol–water partition coefficient (Wildman–Crippen LogP) is 2.03. The van der Waals surface area contributed by atoms with Crippen LogP contribution in [0.5, 0.6) is 0 Å². The first kappa shape index (κ1) is 8.88. The lowest BCUT2D eigenvalue weighted by Crippen LogP contribution is -1.91. The summed E-state index contributed by atoms with van der Waals surface area (Å²) in [5.74, 6) is 0.210. The first-order chi connectivity index (χ1) is 6.83. The van der Waals surface area contributed by atoms with Crippen molar-refractivity contribution in [1.82, 2.24) is 0 Å². The van der Waals surface area contributed by atoms with Crippen LogP contribution in [0.4, 0.5) is 0 Å². The largest absolute Gasteiger partial charge is 0.299 e. The predicted molar refractivity (Wildman–Crippen MR) is 54.2 cm³/mol. The fraction of sp³-hybridized carbons (Fsp3) is 0.167. The molecule has 0 spiro atoms. The van der Waals surface area contributed by atoms with Crippen LogP contribution >= 0.6 is 0 Å². The minimum atomic E-state index is 0.210. The number of Topliss-reactive ketones (excluding diaryl/α,β-unsaturated/α-hetero) is 1. The zero-order valence-corrected chi connectivity index (χ0v) is 7.69. The number of hydrogen-bond donors (Lipinski definition) is 0. The highest BCUT2D eigenvalue weighted by Gasteiger charge is 2.20. The molecular formula is C12H10O2. The van der Waals surface area contributed by atoms with Crippen LogP contribution in [0.1, 0.15) is 27.9 Å². The van der Waals surface area contributed by atoms with E-state index in [-0.39, 0.29) is 5.78 Å². The molecule has 0 heterocycles. The van der Waals surface area contributed by atoms with Crippen molar-refractivity contribution in [3.63, 3.8) is 0 Å². The van der Waals surface area contributed by atoms with E-state index in [2.05, 4.69) is 0 Å². The molecule has 0 amide bonds. The second kappa shape index (κ2) is 3.58. The van der Waals surface area contributed by atoms with Gasteiger partial charge in [-0.15, -0.1) is 0 Å². The zero-order valence-electron chi connectivity index (χ0n) is 7.69. The number of rotatable bonds is 2. The molecular weight excluding hydrogens is 176 g/mol. The number of ketones is 1. The van der Waals surface area contributed by atoms with Crippen molar-refractivity contribution in [2.45, 2.75) is 12.8 Å². The Morgan fingerprint density at radius 1 is 1.21 bits per heavy atom. The molecule has 2 nitrogen and oxygen atoms in total. The Kier molecular flexibility index (Phi) is 2.27. The van der Waals surface area contributed by atoms with Gasteiger partial charge in [0.15, 0.2) is 5.78 Å². The molecule has 0 unspecified atom stereocenters. The summed E-state index contributed by atoms with van der Waals surface area (Å²) < 4.78 is 0. The second-order valence-corrected chi connectivity index (χ2v) is 3.29. The third kappa shape index (κ3) is 1.39. The van der Waals surface area contributed by atoms with Crippen molar-refractivity contribution in [3.8, 4) is 0 Å². The number of carbonyl (C=O) groups is 2. The third-order valence-corrected chi connectivity index (χ3v) is 2.47. The summed E-state index contributed by atoms with van der Waals surface area (Å²) in [6.45, 7) is 0. The summed E-state index contributed by atoms with van der Waals surface area (Å²) in [5, 5.41) is 0. The molecule has 1 aromatic rings. The molecule has 0 atom stereocenters. The monoisotopic (exact) mass is 186 g/mol. The van der Waals surface area contributed by atoms with Gasteiger partial charge in [0, 0.05) is 12.0 Å². The van der Waals surface area contributed by atoms with Gasteiger partial charge in [0.05, 0.1) is 0 Å². The van der Waals surface area contributed by atoms with Crippen LogP contribution in [0.2, 0.25) is 0 Å². The summed E-state index contributed by atoms with van der Waals surface area (Å²) >= 11 is 0. The van der Waals surface area contributed by atoms with Crippen molar-refractivity contribution in [3.05, 3.63) is 41.0 Å². The van der Waals surface area contributed by atoms with Gasteiger partial charge in [-0.25, -0.2) is 0 Å². The van der Waals surface area contributed by atoms with Crippen LogP contribution < -0.4 is 0 Å². The lowest BCUT2D eigenvalue weighted by atomic mass is 10.0. The van der Waals surface area contributed by atoms with Crippen LogP contribution in [0, 0.1) is 0 Å². The van der Waals surface area contributed by atoms with Crippen LogP contribution in [-0.2, 0) is 11.2 Å². The van der Waals surface area contributed by atoms with Gasteiger partial charge >= 0.3 is 0 Å². The van der Waals surface area contributed by atoms with Gasteiger partial charge in [-0.2, -0.15) is 0 Å². The molecule has 70 valence electrons. The molecule has 1 aromatic carbocycles. The van der Waals surface area contributed by atoms with Crippen molar-refractivity contribution < 1.29 is 9.59 Å². The number of benzene rings is 1. The summed E-state index contributed by atoms with van der Waals surface area (Å²) in [4.78, 5) is 21.6. The van der Waals surface area contributed by atoms with Gasteiger partial charge in [-0.1, -0.05) is 24.3 Å². The molecule has 0 saturated carbocycles. The fourth-order valence-electron chi connectivity index (χ4n) is 1.82. The Labute approximate surface area is 82.2 Å². The van der Waals surface area contributed by atoms with Gasteiger partial charge in [0.2, 0.25) is 0 Å². The number of fused-ring (bicyclic) bond motifs is 1. The first-order valence-corrected chi connectivity index (χ1v) is 4.60. The molecule has 0 saturated heterocycles. The number of aldehydes is 1. The highest BCUT2D eigenvalue weighted by molar-refractivity contribution is 6.01. The maximum atomic E-state index is 11.4. The molecule has 0 N–H and O–H groups in total. The van der Waals surface area contributed by atoms with E-state index >= 15 is 0 Å². The Bertz CT molecular complexity index is 416. The zero-order chi connectivity index (χ0) is 9.97. The van der Waals surface area contributed by atoms with Gasteiger partial charge in [0.25, 0.3) is 0 Å². The average molecular weight is 186 g/mol. The van der Waals surface area contributed by atoms with E-state index in [9.17, 15) is 9.59 Å². The molecule has 2 rings (SSSR count). The minimum Gasteiger partial charge on any atom is -0.299 e. The lowest BCUT2D eigenvalue weighted by molar-refractivity contribution is -0.104. The van der Waals surface area contributed by atoms with E-state index in [1.807, 2.05) is 18.2 Å². The van der Waals surface area contributed by atoms with E-state index < -0.39 is 0 Å². The normalized spacial score (nSPS) is 14.7. The topological polar surface area (TPSA) is 34.1 Å². The number of carbonyl (C=O) groups excluding carboxylic acids is 2. The lowest BCUT2D eigenvalue weighted by Gasteiger charge is -2.01. The molecule has 0 aromatic heterocycles. The van der Waals surface area contributed by atoms with E-state index in [0.29, 0.717) is 6.42 Å². The van der Waals surface area contributed by atoms with E-state index in [1.54, 1.807) is 6.08 Å². The third-order valence-electron chi connectivity index (χ3n) is 2.47. The van der Waals surface area contributed by atoms with Crippen LogP contribution in [0.15, 0.2) is 24.3 Å². The van der Waals surface area contributed by atoms with E-state index in [1.165, 1.54) is 6.08 Å². The molecule has 0 bridgehead atoms. The summed E-state index contributed by atoms with van der Waals surface area (Å²) in [6.07, 6.45) is 5.35. The Morgan fingerprint density at radius 2 is 2.07 bits per heavy atom. The SMILES string of the molecule is O=CC=Cc1cccc2c1CCC2=O. The Morgan fingerprint density at radius 3 is 2.86 bits per heavy atom. The van der Waals surface area contributed by atoms with Crippen LogP contribution in [-0.4, -0.2) is 12.1 Å². The molecule has 0 fully saturated rings. The molecule has 1 aliphatic carbocycles. The maximum Gasteiger partial charge on any atom is 0.163 e. The molecule has 1 aliphatic rings. The highest BCUT2D eigenvalue weighted by Crippen LogP contribution is 2.25. The van der Waals surface area contributed by atoms with Gasteiger partial charge in [-0.05, 0) is 23.6 Å². The van der Waals surface area contributed by atoms with Crippen molar-refractivity contribution in [2.75, 3.05) is 0 Å². The first-order valence-electron chi connectivity index (χ1n) is 4.60. The second-order valence-electron chi connectivity index (χ2n) is 3.29. The maximum absolute atomic E-state index is 11.4. The van der Waals surface area contributed by atoms with Crippen LogP contribution in [0.25, 0.3) is 6.08 Å². The number of hydrogen-bond acceptors (Lipinski definition) is 2. The van der Waals surface area contributed by atoms with Crippen LogP contribution in [0.3, 0.4) is 0 Å². The summed E-state index contributed by atoms with van der Waals surface area (Å²) in [5.41, 5.74) is 2.88. The highest BCUT2D eigenvalue weighted by atomic mass is 16.1. The fourth-order valence-corrected chi connectivity index (χ4v) is 1.82. The quantitative estimate of drug-likeness (QED) is 0.523. The van der Waals surface area contributed by atoms with Gasteiger partial charge < -0.3 is 0 Å².